The Kier molecular flexibility index (Phi) is 11.8. The van der Waals surface area contributed by atoms with Gasteiger partial charge in [0.1, 0.15) is 23.9 Å². The Morgan fingerprint density at radius 2 is 1.62 bits per heavy atom. The van der Waals surface area contributed by atoms with Gasteiger partial charge in [0.05, 0.1) is 20.1 Å². The van der Waals surface area contributed by atoms with Crippen LogP contribution in [0.25, 0.3) is 0 Å². The van der Waals surface area contributed by atoms with Crippen LogP contribution in [0.4, 0.5) is 0 Å². The van der Waals surface area contributed by atoms with Crippen LogP contribution >= 0.6 is 0 Å². The van der Waals surface area contributed by atoms with Crippen LogP contribution < -0.4 is 24.8 Å². The van der Waals surface area contributed by atoms with Crippen LogP contribution in [0.2, 0.25) is 0 Å². The molecule has 2 aliphatic heterocycles. The Hall–Kier alpha value is -4.28. The monoisotopic (exact) mass is 689 g/mol. The first-order valence-electron chi connectivity index (χ1n) is 18.4. The molecule has 2 aromatic carbocycles. The van der Waals surface area contributed by atoms with Gasteiger partial charge >= 0.3 is 5.97 Å². The number of benzene rings is 2. The van der Waals surface area contributed by atoms with E-state index >= 15 is 0 Å². The lowest BCUT2D eigenvalue weighted by Gasteiger charge is -2.40. The Morgan fingerprint density at radius 1 is 0.820 bits per heavy atom. The largest absolute Gasteiger partial charge is 0.493 e. The summed E-state index contributed by atoms with van der Waals surface area (Å²) in [6.07, 6.45) is 9.35. The van der Waals surface area contributed by atoms with Gasteiger partial charge < -0.3 is 34.5 Å². The van der Waals surface area contributed by atoms with Crippen molar-refractivity contribution in [1.82, 2.24) is 15.5 Å². The number of esters is 1. The number of carbonyl (C=O) groups excluding carboxylic acids is 4. The van der Waals surface area contributed by atoms with Crippen LogP contribution in [0.1, 0.15) is 94.3 Å². The summed E-state index contributed by atoms with van der Waals surface area (Å²) in [6.45, 7) is 0.212. The Balaban J connectivity index is 1.32. The number of nitrogens with one attached hydrogen (secondary N) is 2. The van der Waals surface area contributed by atoms with Gasteiger partial charge in [-0.2, -0.15) is 0 Å². The van der Waals surface area contributed by atoms with Crippen LogP contribution in [0.3, 0.4) is 0 Å². The standard InChI is InChI=1S/C39H51N3O8/c1-47-33-20-18-25(22-34(33)48-2)17-19-32-27-12-8-13-28(23-27)49-24-35(43)40-30-15-9-14-29(30)37(44)41-36(26-10-4-3-5-11-26)38(45)42-21-7-6-16-31(42)39(46)50-32/h8,12-13,18,20,22-23,26,29-32,36H,3-7,9-11,14-17,19,21,24H2,1-2H3,(H,40,43)(H,41,44)/t29-,30+,31-,32+,36+/m0/s1. The lowest BCUT2D eigenvalue weighted by Crippen LogP contribution is -2.59. The lowest BCUT2D eigenvalue weighted by atomic mass is 9.82. The topological polar surface area (TPSA) is 132 Å². The number of amides is 3. The molecule has 11 heteroatoms. The highest BCUT2D eigenvalue weighted by Gasteiger charge is 2.43. The van der Waals surface area contributed by atoms with Crippen LogP contribution in [0, 0.1) is 11.8 Å². The number of aryl methyl sites for hydroxylation is 1. The minimum atomic E-state index is -0.750. The zero-order valence-corrected chi connectivity index (χ0v) is 29.3. The second kappa shape index (κ2) is 16.6. The molecular formula is C39H51N3O8. The van der Waals surface area contributed by atoms with Crippen molar-refractivity contribution < 1.29 is 38.1 Å². The first-order chi connectivity index (χ1) is 24.3. The maximum Gasteiger partial charge on any atom is 0.329 e. The van der Waals surface area contributed by atoms with Crippen molar-refractivity contribution in [3.8, 4) is 17.2 Å². The van der Waals surface area contributed by atoms with Crippen LogP contribution in [-0.4, -0.2) is 74.1 Å². The molecule has 4 aliphatic rings. The van der Waals surface area contributed by atoms with Crippen molar-refractivity contribution in [2.75, 3.05) is 27.4 Å². The molecule has 2 N–H and O–H groups in total. The molecule has 2 bridgehead atoms. The summed E-state index contributed by atoms with van der Waals surface area (Å²) in [4.78, 5) is 57.4. The summed E-state index contributed by atoms with van der Waals surface area (Å²) < 4.78 is 23.2. The SMILES string of the molecule is COc1ccc(CC[C@H]2OC(=O)[C@@H]3CCCCN3C(=O)[C@@H](C3CCCCC3)NC(=O)[C@H]3CCC[C@H]3NC(=O)COc3cccc2c3)cc1OC. The van der Waals surface area contributed by atoms with Gasteiger partial charge in [-0.25, -0.2) is 4.79 Å². The lowest BCUT2D eigenvalue weighted by molar-refractivity contribution is -0.163. The van der Waals surface area contributed by atoms with Gasteiger partial charge in [0.15, 0.2) is 18.1 Å². The molecule has 270 valence electrons. The Bertz CT molecular complexity index is 1520. The molecular weight excluding hydrogens is 638 g/mol. The van der Waals surface area contributed by atoms with Crippen molar-refractivity contribution in [2.45, 2.75) is 108 Å². The van der Waals surface area contributed by atoms with Crippen LogP contribution in [0.5, 0.6) is 17.2 Å². The minimum absolute atomic E-state index is 0.00999. The highest BCUT2D eigenvalue weighted by atomic mass is 16.5. The third-order valence-corrected chi connectivity index (χ3v) is 10.9. The van der Waals surface area contributed by atoms with Gasteiger partial charge in [0.25, 0.3) is 5.91 Å². The quantitative estimate of drug-likeness (QED) is 0.403. The fourth-order valence-electron chi connectivity index (χ4n) is 8.22. The molecule has 0 aromatic heterocycles. The minimum Gasteiger partial charge on any atom is -0.493 e. The molecule has 0 spiro atoms. The van der Waals surface area contributed by atoms with E-state index in [0.717, 1.165) is 62.5 Å². The van der Waals surface area contributed by atoms with Crippen molar-refractivity contribution in [3.05, 3.63) is 53.6 Å². The average molecular weight is 690 g/mol. The normalized spacial score (nSPS) is 27.0. The van der Waals surface area contributed by atoms with Gasteiger partial charge in [0.2, 0.25) is 11.8 Å². The number of hydrogen-bond donors (Lipinski definition) is 2. The highest BCUT2D eigenvalue weighted by Crippen LogP contribution is 2.34. The molecule has 2 heterocycles. The molecule has 6 rings (SSSR count). The van der Waals surface area contributed by atoms with E-state index in [9.17, 15) is 19.2 Å². The molecule has 2 saturated carbocycles. The number of nitrogens with zero attached hydrogens (tertiary/aromatic N) is 1. The third-order valence-electron chi connectivity index (χ3n) is 10.9. The Morgan fingerprint density at radius 3 is 2.42 bits per heavy atom. The van der Waals surface area contributed by atoms with Crippen molar-refractivity contribution in [3.63, 3.8) is 0 Å². The first-order valence-corrected chi connectivity index (χ1v) is 18.4. The molecule has 11 nitrogen and oxygen atoms in total. The van der Waals surface area contributed by atoms with Crippen molar-refractivity contribution in [1.29, 1.82) is 0 Å². The molecule has 2 aromatic rings. The number of carbonyl (C=O) groups is 4. The van der Waals surface area contributed by atoms with Gasteiger partial charge in [0, 0.05) is 12.6 Å². The van der Waals surface area contributed by atoms with Gasteiger partial charge in [-0.05, 0) is 99.1 Å². The second-order valence-electron chi connectivity index (χ2n) is 14.2. The average Bonchev–Trinajstić information content (AvgIpc) is 3.62. The summed E-state index contributed by atoms with van der Waals surface area (Å²) in [5.41, 5.74) is 1.71. The number of methoxy groups -OCH3 is 2. The molecule has 50 heavy (non-hydrogen) atoms. The number of rotatable bonds is 6. The van der Waals surface area contributed by atoms with Gasteiger partial charge in [-0.1, -0.05) is 43.9 Å². The molecule has 3 fully saturated rings. The zero-order chi connectivity index (χ0) is 35.0. The zero-order valence-electron chi connectivity index (χ0n) is 29.3. The summed E-state index contributed by atoms with van der Waals surface area (Å²) in [5.74, 6) is 0.0812. The van der Waals surface area contributed by atoms with Gasteiger partial charge in [-0.15, -0.1) is 0 Å². The van der Waals surface area contributed by atoms with E-state index in [1.165, 1.54) is 0 Å². The van der Waals surface area contributed by atoms with Crippen molar-refractivity contribution in [2.24, 2.45) is 11.8 Å². The summed E-state index contributed by atoms with van der Waals surface area (Å²) in [5, 5.41) is 6.19. The summed E-state index contributed by atoms with van der Waals surface area (Å²) in [7, 11) is 3.18. The van der Waals surface area contributed by atoms with E-state index in [0.29, 0.717) is 55.9 Å². The molecule has 5 atom stereocenters. The summed E-state index contributed by atoms with van der Waals surface area (Å²) in [6, 6.07) is 11.2. The fraction of sp³-hybridized carbons (Fsp3) is 0.590. The molecule has 3 amide bonds. The maximum absolute atomic E-state index is 14.6. The second-order valence-corrected chi connectivity index (χ2v) is 14.2. The van der Waals surface area contributed by atoms with Crippen LogP contribution in [0.15, 0.2) is 42.5 Å². The van der Waals surface area contributed by atoms with Crippen molar-refractivity contribution >= 4 is 23.7 Å². The molecule has 2 aliphatic carbocycles. The first kappa shape index (κ1) is 35.5. The number of hydrogen-bond acceptors (Lipinski definition) is 8. The van der Waals surface area contributed by atoms with E-state index in [-0.39, 0.29) is 36.3 Å². The van der Waals surface area contributed by atoms with E-state index in [4.69, 9.17) is 18.9 Å². The summed E-state index contributed by atoms with van der Waals surface area (Å²) >= 11 is 0. The third kappa shape index (κ3) is 8.36. The van der Waals surface area contributed by atoms with E-state index in [1.807, 2.05) is 30.3 Å². The fourth-order valence-corrected chi connectivity index (χ4v) is 8.22. The predicted octanol–water partition coefficient (Wildman–Crippen LogP) is 5.04. The number of piperidine rings is 1. The van der Waals surface area contributed by atoms with Crippen LogP contribution in [-0.2, 0) is 30.3 Å². The molecule has 0 unspecified atom stereocenters. The van der Waals surface area contributed by atoms with E-state index in [2.05, 4.69) is 10.6 Å². The van der Waals surface area contributed by atoms with E-state index < -0.39 is 30.1 Å². The van der Waals surface area contributed by atoms with Gasteiger partial charge in [-0.3, -0.25) is 14.4 Å². The predicted molar refractivity (Wildman–Crippen MR) is 186 cm³/mol. The number of fused-ring (bicyclic) bond motifs is 4. The number of cyclic esters (lactones) is 1. The Labute approximate surface area is 294 Å². The highest BCUT2D eigenvalue weighted by molar-refractivity contribution is 5.92. The smallest absolute Gasteiger partial charge is 0.329 e. The van der Waals surface area contributed by atoms with E-state index in [1.54, 1.807) is 31.3 Å². The molecule has 1 saturated heterocycles. The molecule has 0 radical (unpaired) electrons. The maximum atomic E-state index is 14.6. The number of ether oxygens (including phenoxy) is 4.